The molecule has 0 saturated carbocycles. The van der Waals surface area contributed by atoms with E-state index in [9.17, 15) is 35.1 Å². The molecule has 11 heteroatoms. The predicted molar refractivity (Wildman–Crippen MR) is 111 cm³/mol. The maximum absolute atomic E-state index is 12.6. The van der Waals surface area contributed by atoms with Gasteiger partial charge in [-0.2, -0.15) is 0 Å². The average molecular weight is 460 g/mol. The standard InChI is InChI=1S/C22H20O11/c1-30-21(29)20-18(27)17(26)19(28)22(33-20)31-11-6-12(24)16-13(25)8-14(32-15(16)7-11)9-2-4-10(23)5-3-9/h2-8,17-20,22-24,26-28H,1H3/t17-,18+,19+,20-,22+/m0/s1. The number of esters is 1. The lowest BCUT2D eigenvalue weighted by molar-refractivity contribution is -0.271. The molecule has 1 aliphatic rings. The third-order valence-corrected chi connectivity index (χ3v) is 5.19. The molecule has 1 saturated heterocycles. The van der Waals surface area contributed by atoms with Crippen molar-refractivity contribution in [1.82, 2.24) is 0 Å². The van der Waals surface area contributed by atoms with Crippen LogP contribution in [0.25, 0.3) is 22.3 Å². The van der Waals surface area contributed by atoms with E-state index in [4.69, 9.17) is 13.9 Å². The van der Waals surface area contributed by atoms with Gasteiger partial charge in [0, 0.05) is 23.8 Å². The van der Waals surface area contributed by atoms with Crippen LogP contribution in [0.1, 0.15) is 0 Å². The van der Waals surface area contributed by atoms with Gasteiger partial charge in [-0.3, -0.25) is 4.79 Å². The summed E-state index contributed by atoms with van der Waals surface area (Å²) in [6.45, 7) is 0. The number of benzene rings is 2. The minimum atomic E-state index is -1.79. The smallest absolute Gasteiger partial charge is 0.337 e. The number of ether oxygens (including phenoxy) is 3. The van der Waals surface area contributed by atoms with Gasteiger partial charge in [0.05, 0.1) is 7.11 Å². The Morgan fingerprint density at radius 2 is 1.67 bits per heavy atom. The monoisotopic (exact) mass is 460 g/mol. The molecule has 0 spiro atoms. The Hall–Kier alpha value is -3.64. The number of fused-ring (bicyclic) bond motifs is 1. The largest absolute Gasteiger partial charge is 0.508 e. The first kappa shape index (κ1) is 22.6. The molecule has 0 bridgehead atoms. The lowest BCUT2D eigenvalue weighted by Gasteiger charge is -2.38. The molecule has 5 atom stereocenters. The molecule has 3 aromatic rings. The molecular formula is C22H20O11. The summed E-state index contributed by atoms with van der Waals surface area (Å²) in [6, 6.07) is 9.39. The van der Waals surface area contributed by atoms with Crippen LogP contribution in [0.5, 0.6) is 17.2 Å². The van der Waals surface area contributed by atoms with Crippen molar-refractivity contribution in [1.29, 1.82) is 0 Å². The van der Waals surface area contributed by atoms with Crippen molar-refractivity contribution in [3.8, 4) is 28.6 Å². The number of hydrogen-bond acceptors (Lipinski definition) is 11. The zero-order valence-corrected chi connectivity index (χ0v) is 17.1. The molecule has 0 aliphatic carbocycles. The SMILES string of the molecule is COC(=O)[C@H]1O[C@@H](Oc2cc(O)c3c(=O)cc(-c4ccc(O)cc4)oc3c2)[C@H](O)[C@@H](O)[C@H]1O. The normalized spacial score (nSPS) is 25.0. The zero-order valence-electron chi connectivity index (χ0n) is 17.1. The zero-order chi connectivity index (χ0) is 23.9. The summed E-state index contributed by atoms with van der Waals surface area (Å²) in [5.74, 6) is -1.42. The molecule has 1 aliphatic heterocycles. The second-order valence-electron chi connectivity index (χ2n) is 7.38. The van der Waals surface area contributed by atoms with E-state index in [1.54, 1.807) is 0 Å². The van der Waals surface area contributed by atoms with Crippen molar-refractivity contribution in [3.63, 3.8) is 0 Å². The first-order valence-corrected chi connectivity index (χ1v) is 9.74. The van der Waals surface area contributed by atoms with E-state index >= 15 is 0 Å². The van der Waals surface area contributed by atoms with Gasteiger partial charge in [0.1, 0.15) is 52.3 Å². The van der Waals surface area contributed by atoms with Crippen molar-refractivity contribution in [3.05, 3.63) is 52.7 Å². The highest BCUT2D eigenvalue weighted by Crippen LogP contribution is 2.33. The van der Waals surface area contributed by atoms with Crippen molar-refractivity contribution >= 4 is 16.9 Å². The van der Waals surface area contributed by atoms with E-state index in [-0.39, 0.29) is 28.2 Å². The number of phenols is 2. The highest BCUT2D eigenvalue weighted by Gasteiger charge is 2.48. The quantitative estimate of drug-likeness (QED) is 0.337. The summed E-state index contributed by atoms with van der Waals surface area (Å²) in [6.07, 6.45) is -8.57. The number of phenolic OH excluding ortho intramolecular Hbond substituents is 2. The minimum absolute atomic E-state index is 0.0267. The molecule has 4 rings (SSSR count). The summed E-state index contributed by atoms with van der Waals surface area (Å²) >= 11 is 0. The van der Waals surface area contributed by atoms with E-state index in [2.05, 4.69) is 4.74 Å². The van der Waals surface area contributed by atoms with Crippen LogP contribution in [0.4, 0.5) is 0 Å². The number of rotatable bonds is 4. The van der Waals surface area contributed by atoms with Crippen LogP contribution in [0.15, 0.2) is 51.7 Å². The molecule has 0 unspecified atom stereocenters. The Morgan fingerprint density at radius 1 is 0.970 bits per heavy atom. The fourth-order valence-electron chi connectivity index (χ4n) is 3.47. The lowest BCUT2D eigenvalue weighted by Crippen LogP contribution is -2.61. The van der Waals surface area contributed by atoms with Crippen molar-refractivity contribution in [2.45, 2.75) is 30.7 Å². The van der Waals surface area contributed by atoms with Gasteiger partial charge in [-0.15, -0.1) is 0 Å². The highest BCUT2D eigenvalue weighted by molar-refractivity contribution is 5.86. The minimum Gasteiger partial charge on any atom is -0.508 e. The summed E-state index contributed by atoms with van der Waals surface area (Å²) in [7, 11) is 1.06. The molecule has 1 aromatic heterocycles. The molecule has 2 aromatic carbocycles. The first-order chi connectivity index (χ1) is 15.7. The van der Waals surface area contributed by atoms with Gasteiger partial charge in [-0.1, -0.05) is 0 Å². The third kappa shape index (κ3) is 4.22. The Kier molecular flexibility index (Phi) is 5.95. The van der Waals surface area contributed by atoms with Gasteiger partial charge >= 0.3 is 5.97 Å². The van der Waals surface area contributed by atoms with Crippen LogP contribution in [0.2, 0.25) is 0 Å². The Morgan fingerprint density at radius 3 is 2.33 bits per heavy atom. The summed E-state index contributed by atoms with van der Waals surface area (Å²) in [4.78, 5) is 24.4. The van der Waals surface area contributed by atoms with Crippen molar-refractivity contribution in [2.75, 3.05) is 7.11 Å². The summed E-state index contributed by atoms with van der Waals surface area (Å²) in [5, 5.41) is 49.9. The summed E-state index contributed by atoms with van der Waals surface area (Å²) < 4.78 is 21.0. The van der Waals surface area contributed by atoms with E-state index in [0.717, 1.165) is 13.2 Å². The fraction of sp³-hybridized carbons (Fsp3) is 0.273. The number of aliphatic hydroxyl groups excluding tert-OH is 3. The van der Waals surface area contributed by atoms with E-state index < -0.39 is 47.9 Å². The molecule has 11 nitrogen and oxygen atoms in total. The van der Waals surface area contributed by atoms with Crippen LogP contribution in [0, 0.1) is 0 Å². The Balaban J connectivity index is 1.70. The Labute approximate surface area is 185 Å². The molecule has 5 N–H and O–H groups in total. The predicted octanol–water partition coefficient (Wildman–Crippen LogP) is 0.231. The maximum Gasteiger partial charge on any atom is 0.337 e. The van der Waals surface area contributed by atoms with Gasteiger partial charge < -0.3 is 44.2 Å². The van der Waals surface area contributed by atoms with E-state index in [1.807, 2.05) is 0 Å². The number of carbonyl (C=O) groups is 1. The third-order valence-electron chi connectivity index (χ3n) is 5.19. The number of carbonyl (C=O) groups excluding carboxylic acids is 1. The van der Waals surface area contributed by atoms with Crippen LogP contribution in [-0.4, -0.2) is 69.3 Å². The van der Waals surface area contributed by atoms with Crippen LogP contribution < -0.4 is 10.2 Å². The molecular weight excluding hydrogens is 440 g/mol. The highest BCUT2D eigenvalue weighted by atomic mass is 16.7. The van der Waals surface area contributed by atoms with Gasteiger partial charge in [-0.25, -0.2) is 4.79 Å². The molecule has 0 amide bonds. The van der Waals surface area contributed by atoms with E-state index in [1.165, 1.54) is 36.4 Å². The number of methoxy groups -OCH3 is 1. The number of aliphatic hydroxyl groups is 3. The second kappa shape index (κ2) is 8.71. The summed E-state index contributed by atoms with van der Waals surface area (Å²) in [5.41, 5.74) is -0.112. The van der Waals surface area contributed by atoms with Gasteiger partial charge in [0.2, 0.25) is 6.29 Å². The molecule has 2 heterocycles. The van der Waals surface area contributed by atoms with Gasteiger partial charge in [0.25, 0.3) is 0 Å². The van der Waals surface area contributed by atoms with Gasteiger partial charge in [-0.05, 0) is 24.3 Å². The average Bonchev–Trinajstić information content (AvgIpc) is 2.78. The molecule has 1 fully saturated rings. The maximum atomic E-state index is 12.6. The van der Waals surface area contributed by atoms with Crippen LogP contribution in [0.3, 0.4) is 0 Å². The van der Waals surface area contributed by atoms with Crippen LogP contribution in [-0.2, 0) is 14.3 Å². The van der Waals surface area contributed by atoms with Crippen molar-refractivity contribution in [2.24, 2.45) is 0 Å². The molecule has 0 radical (unpaired) electrons. The van der Waals surface area contributed by atoms with Crippen LogP contribution >= 0.6 is 0 Å². The number of hydrogen-bond donors (Lipinski definition) is 5. The lowest BCUT2D eigenvalue weighted by atomic mass is 9.99. The Bertz CT molecular complexity index is 1230. The second-order valence-corrected chi connectivity index (χ2v) is 7.38. The molecule has 33 heavy (non-hydrogen) atoms. The van der Waals surface area contributed by atoms with E-state index in [0.29, 0.717) is 5.56 Å². The van der Waals surface area contributed by atoms with Gasteiger partial charge in [0.15, 0.2) is 11.5 Å². The fourth-order valence-corrected chi connectivity index (χ4v) is 3.47. The topological polar surface area (TPSA) is 176 Å². The number of aromatic hydroxyl groups is 2. The van der Waals surface area contributed by atoms with Crippen molar-refractivity contribution < 1.29 is 49.0 Å². The molecule has 174 valence electrons. The first-order valence-electron chi connectivity index (χ1n) is 9.74.